The Labute approximate surface area is 102 Å². The highest BCUT2D eigenvalue weighted by Gasteiger charge is 2.22. The zero-order valence-electron chi connectivity index (χ0n) is 10.3. The van der Waals surface area contributed by atoms with Gasteiger partial charge in [0, 0.05) is 31.2 Å². The largest absolute Gasteiger partial charge is 0.476 e. The third-order valence-electron chi connectivity index (χ3n) is 3.60. The molecule has 0 aliphatic carbocycles. The minimum absolute atomic E-state index is 0.601. The van der Waals surface area contributed by atoms with Crippen LogP contribution >= 0.6 is 0 Å². The second kappa shape index (κ2) is 4.53. The molecule has 0 saturated carbocycles. The normalized spacial score (nSPS) is 24.1. The summed E-state index contributed by atoms with van der Waals surface area (Å²) in [5, 5.41) is 3.32. The van der Waals surface area contributed by atoms with Crippen molar-refractivity contribution >= 4 is 5.82 Å². The van der Waals surface area contributed by atoms with Crippen molar-refractivity contribution in [3.63, 3.8) is 0 Å². The molecule has 1 atom stereocenters. The third-order valence-corrected chi connectivity index (χ3v) is 3.60. The van der Waals surface area contributed by atoms with Crippen molar-refractivity contribution in [1.82, 2.24) is 10.3 Å². The van der Waals surface area contributed by atoms with E-state index in [9.17, 15) is 0 Å². The number of fused-ring (bicyclic) bond motifs is 1. The smallest absolute Gasteiger partial charge is 0.219 e. The van der Waals surface area contributed by atoms with Crippen molar-refractivity contribution in [2.75, 3.05) is 24.6 Å². The first kappa shape index (κ1) is 10.8. The van der Waals surface area contributed by atoms with Crippen molar-refractivity contribution in [3.05, 3.63) is 17.7 Å². The van der Waals surface area contributed by atoms with Crippen LogP contribution in [0.15, 0.2) is 12.1 Å². The second-order valence-corrected chi connectivity index (χ2v) is 4.84. The van der Waals surface area contributed by atoms with Gasteiger partial charge in [-0.3, -0.25) is 0 Å². The Bertz CT molecular complexity index is 408. The number of rotatable bonds is 1. The van der Waals surface area contributed by atoms with E-state index in [0.29, 0.717) is 12.6 Å². The van der Waals surface area contributed by atoms with E-state index < -0.39 is 0 Å². The maximum absolute atomic E-state index is 5.68. The van der Waals surface area contributed by atoms with Gasteiger partial charge in [0.2, 0.25) is 5.88 Å². The molecule has 1 aromatic heterocycles. The molecule has 0 amide bonds. The maximum atomic E-state index is 5.68. The SMILES string of the molecule is CC1CCCN1c1ccc2c(n1)OCCNC2. The van der Waals surface area contributed by atoms with Crippen LogP contribution in [0.3, 0.4) is 0 Å². The molecular formula is C13H19N3O. The highest BCUT2D eigenvalue weighted by Crippen LogP contribution is 2.27. The van der Waals surface area contributed by atoms with Crippen molar-refractivity contribution in [3.8, 4) is 5.88 Å². The van der Waals surface area contributed by atoms with Gasteiger partial charge in [-0.05, 0) is 31.9 Å². The molecule has 1 N–H and O–H groups in total. The lowest BCUT2D eigenvalue weighted by Gasteiger charge is -2.23. The summed E-state index contributed by atoms with van der Waals surface area (Å²) in [6.07, 6.45) is 2.53. The van der Waals surface area contributed by atoms with E-state index in [0.717, 1.165) is 36.9 Å². The van der Waals surface area contributed by atoms with E-state index in [2.05, 4.69) is 34.3 Å². The molecule has 3 rings (SSSR count). The summed E-state index contributed by atoms with van der Waals surface area (Å²) in [5.41, 5.74) is 1.16. The average molecular weight is 233 g/mol. The van der Waals surface area contributed by atoms with Crippen molar-refractivity contribution in [2.45, 2.75) is 32.4 Å². The van der Waals surface area contributed by atoms with Crippen LogP contribution in [0.4, 0.5) is 5.82 Å². The first-order chi connectivity index (χ1) is 8.34. The van der Waals surface area contributed by atoms with Crippen LogP contribution in [-0.2, 0) is 6.54 Å². The molecule has 4 heteroatoms. The van der Waals surface area contributed by atoms with E-state index in [4.69, 9.17) is 4.74 Å². The topological polar surface area (TPSA) is 37.4 Å². The Hall–Kier alpha value is -1.29. The predicted molar refractivity (Wildman–Crippen MR) is 67.5 cm³/mol. The van der Waals surface area contributed by atoms with Crippen LogP contribution in [0.25, 0.3) is 0 Å². The number of nitrogens with one attached hydrogen (secondary N) is 1. The number of pyridine rings is 1. The lowest BCUT2D eigenvalue weighted by molar-refractivity contribution is 0.314. The van der Waals surface area contributed by atoms with Crippen LogP contribution < -0.4 is 15.0 Å². The lowest BCUT2D eigenvalue weighted by Crippen LogP contribution is -2.27. The molecule has 1 fully saturated rings. The quantitative estimate of drug-likeness (QED) is 0.798. The highest BCUT2D eigenvalue weighted by atomic mass is 16.5. The van der Waals surface area contributed by atoms with Gasteiger partial charge < -0.3 is 15.0 Å². The fourth-order valence-electron chi connectivity index (χ4n) is 2.60. The molecule has 0 radical (unpaired) electrons. The summed E-state index contributed by atoms with van der Waals surface area (Å²) in [4.78, 5) is 7.05. The van der Waals surface area contributed by atoms with Gasteiger partial charge in [0.25, 0.3) is 0 Å². The minimum atomic E-state index is 0.601. The fraction of sp³-hybridized carbons (Fsp3) is 0.615. The van der Waals surface area contributed by atoms with Crippen LogP contribution in [0.2, 0.25) is 0 Å². The van der Waals surface area contributed by atoms with Gasteiger partial charge in [-0.25, -0.2) is 0 Å². The fourth-order valence-corrected chi connectivity index (χ4v) is 2.60. The van der Waals surface area contributed by atoms with Gasteiger partial charge in [-0.1, -0.05) is 0 Å². The van der Waals surface area contributed by atoms with Gasteiger partial charge in [0.1, 0.15) is 12.4 Å². The molecule has 0 spiro atoms. The molecule has 92 valence electrons. The van der Waals surface area contributed by atoms with Crippen LogP contribution in [0.5, 0.6) is 5.88 Å². The van der Waals surface area contributed by atoms with Crippen molar-refractivity contribution in [1.29, 1.82) is 0 Å². The Kier molecular flexibility index (Phi) is 2.89. The summed E-state index contributed by atoms with van der Waals surface area (Å²) < 4.78 is 5.68. The average Bonchev–Trinajstić information content (AvgIpc) is 2.64. The van der Waals surface area contributed by atoms with Gasteiger partial charge in [0.15, 0.2) is 0 Å². The summed E-state index contributed by atoms with van der Waals surface area (Å²) >= 11 is 0. The Morgan fingerprint density at radius 1 is 1.47 bits per heavy atom. The monoisotopic (exact) mass is 233 g/mol. The number of aromatic nitrogens is 1. The van der Waals surface area contributed by atoms with E-state index in [1.807, 2.05) is 0 Å². The van der Waals surface area contributed by atoms with Crippen molar-refractivity contribution in [2.24, 2.45) is 0 Å². The van der Waals surface area contributed by atoms with Crippen LogP contribution in [0.1, 0.15) is 25.3 Å². The van der Waals surface area contributed by atoms with E-state index in [-0.39, 0.29) is 0 Å². The molecular weight excluding hydrogens is 214 g/mol. The number of nitrogens with zero attached hydrogens (tertiary/aromatic N) is 2. The molecule has 17 heavy (non-hydrogen) atoms. The minimum Gasteiger partial charge on any atom is -0.476 e. The molecule has 0 bridgehead atoms. The van der Waals surface area contributed by atoms with Crippen LogP contribution in [0, 0.1) is 0 Å². The van der Waals surface area contributed by atoms with E-state index >= 15 is 0 Å². The molecule has 1 unspecified atom stereocenters. The van der Waals surface area contributed by atoms with Gasteiger partial charge in [-0.15, -0.1) is 0 Å². The molecule has 1 saturated heterocycles. The van der Waals surface area contributed by atoms with Gasteiger partial charge >= 0.3 is 0 Å². The number of ether oxygens (including phenoxy) is 1. The van der Waals surface area contributed by atoms with E-state index in [1.54, 1.807) is 0 Å². The molecule has 4 nitrogen and oxygen atoms in total. The third kappa shape index (κ3) is 2.09. The Morgan fingerprint density at radius 2 is 2.41 bits per heavy atom. The lowest BCUT2D eigenvalue weighted by atomic mass is 10.2. The number of hydrogen-bond donors (Lipinski definition) is 1. The number of anilines is 1. The Balaban J connectivity index is 1.89. The first-order valence-electron chi connectivity index (χ1n) is 6.44. The predicted octanol–water partition coefficient (Wildman–Crippen LogP) is 1.55. The zero-order valence-corrected chi connectivity index (χ0v) is 10.3. The molecule has 2 aliphatic rings. The van der Waals surface area contributed by atoms with Crippen molar-refractivity contribution < 1.29 is 4.74 Å². The van der Waals surface area contributed by atoms with E-state index in [1.165, 1.54) is 12.8 Å². The summed E-state index contributed by atoms with van der Waals surface area (Å²) in [6, 6.07) is 4.86. The standard InChI is InChI=1S/C13H19N3O/c1-10-3-2-7-16(10)12-5-4-11-9-14-6-8-17-13(11)15-12/h4-5,10,14H,2-3,6-9H2,1H3. The summed E-state index contributed by atoms with van der Waals surface area (Å²) in [6.45, 7) is 5.84. The maximum Gasteiger partial charge on any atom is 0.219 e. The highest BCUT2D eigenvalue weighted by molar-refractivity contribution is 5.46. The number of hydrogen-bond acceptors (Lipinski definition) is 4. The Morgan fingerprint density at radius 3 is 3.24 bits per heavy atom. The summed E-state index contributed by atoms with van der Waals surface area (Å²) in [7, 11) is 0. The van der Waals surface area contributed by atoms with Gasteiger partial charge in [0.05, 0.1) is 0 Å². The zero-order chi connectivity index (χ0) is 11.7. The van der Waals surface area contributed by atoms with Crippen LogP contribution in [-0.4, -0.2) is 30.7 Å². The van der Waals surface area contributed by atoms with Gasteiger partial charge in [-0.2, -0.15) is 4.98 Å². The molecule has 1 aromatic rings. The molecule has 2 aliphatic heterocycles. The second-order valence-electron chi connectivity index (χ2n) is 4.84. The first-order valence-corrected chi connectivity index (χ1v) is 6.44. The molecule has 0 aromatic carbocycles. The summed E-state index contributed by atoms with van der Waals surface area (Å²) in [5.74, 6) is 1.88. The molecule has 3 heterocycles.